The lowest BCUT2D eigenvalue weighted by atomic mass is 9.96. The van der Waals surface area contributed by atoms with Crippen LogP contribution in [0.5, 0.6) is 0 Å². The normalized spacial score (nSPS) is 34.7. The Bertz CT molecular complexity index is 222. The summed E-state index contributed by atoms with van der Waals surface area (Å²) < 4.78 is 0. The van der Waals surface area contributed by atoms with Gasteiger partial charge >= 0.3 is 0 Å². The van der Waals surface area contributed by atoms with Crippen molar-refractivity contribution in [3.63, 3.8) is 0 Å². The highest BCUT2D eigenvalue weighted by Crippen LogP contribution is 2.24. The van der Waals surface area contributed by atoms with Gasteiger partial charge in [0.05, 0.1) is 0 Å². The van der Waals surface area contributed by atoms with E-state index in [1.807, 2.05) is 0 Å². The smallest absolute Gasteiger partial charge is 0.0261 e. The van der Waals surface area contributed by atoms with E-state index >= 15 is 0 Å². The highest BCUT2D eigenvalue weighted by Gasteiger charge is 2.32. The van der Waals surface area contributed by atoms with Gasteiger partial charge in [-0.15, -0.1) is 11.6 Å². The maximum absolute atomic E-state index is 5.92. The molecule has 0 N–H and O–H groups in total. The average molecular weight is 245 g/mol. The molecule has 0 aromatic rings. The SMILES string of the molecule is CC(CCl)CN1CC2CCCCN2CC1C. The standard InChI is InChI=1S/C13H25ClN2/c1-11(7-14)8-16-10-13-5-3-4-6-15(13)9-12(16)2/h11-13H,3-10H2,1-2H3. The molecule has 0 amide bonds. The number of fused-ring (bicyclic) bond motifs is 1. The lowest BCUT2D eigenvalue weighted by Gasteiger charge is -2.48. The molecule has 0 spiro atoms. The number of alkyl halides is 1. The van der Waals surface area contributed by atoms with Crippen LogP contribution < -0.4 is 0 Å². The number of nitrogens with zero attached hydrogens (tertiary/aromatic N) is 2. The fourth-order valence-electron chi connectivity index (χ4n) is 3.12. The summed E-state index contributed by atoms with van der Waals surface area (Å²) >= 11 is 5.92. The first-order chi connectivity index (χ1) is 7.70. The molecule has 3 atom stereocenters. The minimum absolute atomic E-state index is 0.624. The summed E-state index contributed by atoms with van der Waals surface area (Å²) in [6, 6.07) is 1.53. The Morgan fingerprint density at radius 2 is 2.12 bits per heavy atom. The predicted octanol–water partition coefficient (Wildman–Crippen LogP) is 2.42. The van der Waals surface area contributed by atoms with Gasteiger partial charge in [0.2, 0.25) is 0 Å². The number of rotatable bonds is 3. The summed E-state index contributed by atoms with van der Waals surface area (Å²) in [5, 5.41) is 0. The summed E-state index contributed by atoms with van der Waals surface area (Å²) in [5.41, 5.74) is 0. The third-order valence-corrected chi connectivity index (χ3v) is 4.65. The fourth-order valence-corrected chi connectivity index (χ4v) is 3.21. The molecule has 3 heteroatoms. The first-order valence-electron chi connectivity index (χ1n) is 6.74. The largest absolute Gasteiger partial charge is 0.298 e. The summed E-state index contributed by atoms with van der Waals surface area (Å²) in [6.07, 6.45) is 4.23. The first kappa shape index (κ1) is 12.7. The molecule has 16 heavy (non-hydrogen) atoms. The second-order valence-corrected chi connectivity index (χ2v) is 6.02. The van der Waals surface area contributed by atoms with Crippen LogP contribution >= 0.6 is 11.6 Å². The molecule has 0 bridgehead atoms. The van der Waals surface area contributed by atoms with Gasteiger partial charge in [-0.25, -0.2) is 0 Å². The van der Waals surface area contributed by atoms with E-state index in [0.717, 1.165) is 11.9 Å². The van der Waals surface area contributed by atoms with Crippen molar-refractivity contribution < 1.29 is 0 Å². The van der Waals surface area contributed by atoms with Crippen molar-refractivity contribution in [1.82, 2.24) is 9.80 Å². The van der Waals surface area contributed by atoms with Crippen molar-refractivity contribution in [3.05, 3.63) is 0 Å². The molecule has 0 aromatic carbocycles. The van der Waals surface area contributed by atoms with E-state index in [2.05, 4.69) is 23.6 Å². The molecule has 2 heterocycles. The van der Waals surface area contributed by atoms with Crippen molar-refractivity contribution in [2.75, 3.05) is 32.1 Å². The maximum Gasteiger partial charge on any atom is 0.0261 e. The third-order valence-electron chi connectivity index (χ3n) is 4.13. The lowest BCUT2D eigenvalue weighted by molar-refractivity contribution is 0.0102. The van der Waals surface area contributed by atoms with Gasteiger partial charge in [-0.3, -0.25) is 9.80 Å². The molecule has 0 aliphatic carbocycles. The van der Waals surface area contributed by atoms with Crippen molar-refractivity contribution >= 4 is 11.6 Å². The molecule has 2 fully saturated rings. The second kappa shape index (κ2) is 5.70. The molecule has 2 aliphatic rings. The van der Waals surface area contributed by atoms with E-state index in [0.29, 0.717) is 12.0 Å². The van der Waals surface area contributed by atoms with E-state index in [1.54, 1.807) is 0 Å². The Labute approximate surface area is 105 Å². The van der Waals surface area contributed by atoms with Crippen molar-refractivity contribution in [2.24, 2.45) is 5.92 Å². The zero-order chi connectivity index (χ0) is 11.5. The van der Waals surface area contributed by atoms with Gasteiger partial charge in [0.15, 0.2) is 0 Å². The van der Waals surface area contributed by atoms with Crippen molar-refractivity contribution in [1.29, 1.82) is 0 Å². The summed E-state index contributed by atoms with van der Waals surface area (Å²) in [6.45, 7) is 9.66. The second-order valence-electron chi connectivity index (χ2n) is 5.71. The van der Waals surface area contributed by atoms with Gasteiger partial charge in [-0.2, -0.15) is 0 Å². The zero-order valence-corrected chi connectivity index (χ0v) is 11.4. The number of hydrogen-bond donors (Lipinski definition) is 0. The van der Waals surface area contributed by atoms with Gasteiger partial charge in [0.25, 0.3) is 0 Å². The quantitative estimate of drug-likeness (QED) is 0.704. The first-order valence-corrected chi connectivity index (χ1v) is 7.28. The number of hydrogen-bond acceptors (Lipinski definition) is 2. The molecule has 3 unspecified atom stereocenters. The molecule has 0 aromatic heterocycles. The van der Waals surface area contributed by atoms with E-state index < -0.39 is 0 Å². The van der Waals surface area contributed by atoms with Crippen LogP contribution in [0.25, 0.3) is 0 Å². The van der Waals surface area contributed by atoms with E-state index in [9.17, 15) is 0 Å². The van der Waals surface area contributed by atoms with Gasteiger partial charge in [0, 0.05) is 37.6 Å². The van der Waals surface area contributed by atoms with Crippen LogP contribution in [0, 0.1) is 5.92 Å². The topological polar surface area (TPSA) is 6.48 Å². The Morgan fingerprint density at radius 3 is 2.88 bits per heavy atom. The molecule has 0 radical (unpaired) electrons. The zero-order valence-electron chi connectivity index (χ0n) is 10.7. The molecule has 0 saturated carbocycles. The molecule has 2 nitrogen and oxygen atoms in total. The lowest BCUT2D eigenvalue weighted by Crippen LogP contribution is -2.59. The minimum atomic E-state index is 0.624. The van der Waals surface area contributed by atoms with Crippen LogP contribution in [0.4, 0.5) is 0 Å². The molecule has 2 rings (SSSR count). The van der Waals surface area contributed by atoms with Crippen LogP contribution in [0.15, 0.2) is 0 Å². The predicted molar refractivity (Wildman–Crippen MR) is 70.1 cm³/mol. The summed E-state index contributed by atoms with van der Waals surface area (Å²) in [4.78, 5) is 5.36. The molecule has 2 aliphatic heterocycles. The number of piperazine rings is 1. The van der Waals surface area contributed by atoms with E-state index in [4.69, 9.17) is 11.6 Å². The van der Waals surface area contributed by atoms with E-state index in [1.165, 1.54) is 45.4 Å². The van der Waals surface area contributed by atoms with Crippen LogP contribution in [0.1, 0.15) is 33.1 Å². The van der Waals surface area contributed by atoms with E-state index in [-0.39, 0.29) is 0 Å². The number of halogens is 1. The van der Waals surface area contributed by atoms with Crippen molar-refractivity contribution in [3.8, 4) is 0 Å². The average Bonchev–Trinajstić information content (AvgIpc) is 2.30. The summed E-state index contributed by atoms with van der Waals surface area (Å²) in [5.74, 6) is 1.41. The molecule has 94 valence electrons. The van der Waals surface area contributed by atoms with Crippen LogP contribution in [0.3, 0.4) is 0 Å². The monoisotopic (exact) mass is 244 g/mol. The van der Waals surface area contributed by atoms with Gasteiger partial charge in [-0.05, 0) is 32.2 Å². The molecule has 2 saturated heterocycles. The third kappa shape index (κ3) is 2.91. The fraction of sp³-hybridized carbons (Fsp3) is 1.00. The maximum atomic E-state index is 5.92. The molecular formula is C13H25ClN2. The Hall–Kier alpha value is 0.210. The Kier molecular flexibility index (Phi) is 4.51. The van der Waals surface area contributed by atoms with Gasteiger partial charge < -0.3 is 0 Å². The minimum Gasteiger partial charge on any atom is -0.298 e. The highest BCUT2D eigenvalue weighted by atomic mass is 35.5. The molecular weight excluding hydrogens is 220 g/mol. The van der Waals surface area contributed by atoms with Gasteiger partial charge in [0.1, 0.15) is 0 Å². The Morgan fingerprint density at radius 1 is 1.31 bits per heavy atom. The van der Waals surface area contributed by atoms with Crippen LogP contribution in [-0.4, -0.2) is 53.9 Å². The van der Waals surface area contributed by atoms with Crippen molar-refractivity contribution in [2.45, 2.75) is 45.2 Å². The Balaban J connectivity index is 1.90. The van der Waals surface area contributed by atoms with Crippen LogP contribution in [-0.2, 0) is 0 Å². The number of piperidine rings is 1. The van der Waals surface area contributed by atoms with Gasteiger partial charge in [-0.1, -0.05) is 13.3 Å². The highest BCUT2D eigenvalue weighted by molar-refractivity contribution is 6.18. The van der Waals surface area contributed by atoms with Crippen LogP contribution in [0.2, 0.25) is 0 Å². The summed E-state index contributed by atoms with van der Waals surface area (Å²) in [7, 11) is 0.